The van der Waals surface area contributed by atoms with Crippen LogP contribution in [0.2, 0.25) is 0 Å². The third kappa shape index (κ3) is 3.30. The Hall–Kier alpha value is -1.92. The summed E-state index contributed by atoms with van der Waals surface area (Å²) in [6.07, 6.45) is 3.74. The number of fused-ring (bicyclic) bond motifs is 1. The van der Waals surface area contributed by atoms with Crippen LogP contribution in [0, 0.1) is 0 Å². The van der Waals surface area contributed by atoms with E-state index in [-0.39, 0.29) is 6.04 Å². The van der Waals surface area contributed by atoms with Crippen molar-refractivity contribution in [3.63, 3.8) is 0 Å². The summed E-state index contributed by atoms with van der Waals surface area (Å²) < 4.78 is 2.04. The van der Waals surface area contributed by atoms with Crippen molar-refractivity contribution in [1.29, 1.82) is 0 Å². The van der Waals surface area contributed by atoms with Gasteiger partial charge in [0.1, 0.15) is 12.2 Å². The van der Waals surface area contributed by atoms with Gasteiger partial charge in [-0.1, -0.05) is 6.42 Å². The van der Waals surface area contributed by atoms with Crippen molar-refractivity contribution in [1.82, 2.24) is 20.1 Å². The van der Waals surface area contributed by atoms with Gasteiger partial charge in [0.15, 0.2) is 5.82 Å². The molecule has 2 rings (SSSR count). The molecular weight excluding hydrogens is 248 g/mol. The number of carbonyl (C=O) groups is 2. The van der Waals surface area contributed by atoms with E-state index in [2.05, 4.69) is 15.5 Å². The largest absolute Gasteiger partial charge is 0.481 e. The first-order valence-electron chi connectivity index (χ1n) is 6.51. The van der Waals surface area contributed by atoms with Gasteiger partial charge in [0.2, 0.25) is 5.91 Å². The van der Waals surface area contributed by atoms with Crippen LogP contribution in [0.1, 0.15) is 50.3 Å². The zero-order valence-electron chi connectivity index (χ0n) is 10.9. The number of nitrogens with one attached hydrogen (secondary N) is 1. The molecule has 0 saturated carbocycles. The molecular formula is C12H18N4O3. The zero-order valence-corrected chi connectivity index (χ0v) is 10.9. The lowest BCUT2D eigenvalue weighted by Gasteiger charge is -2.14. The summed E-state index contributed by atoms with van der Waals surface area (Å²) in [5.74, 6) is 0.0122. The van der Waals surface area contributed by atoms with Crippen LogP contribution in [0.5, 0.6) is 0 Å². The summed E-state index contributed by atoms with van der Waals surface area (Å²) in [7, 11) is 0. The van der Waals surface area contributed by atoms with Crippen molar-refractivity contribution in [3.05, 3.63) is 11.6 Å². The number of carboxylic acid groups (broad SMARTS) is 1. The van der Waals surface area contributed by atoms with Gasteiger partial charge >= 0.3 is 5.97 Å². The van der Waals surface area contributed by atoms with Gasteiger partial charge in [0.25, 0.3) is 0 Å². The Morgan fingerprint density at radius 2 is 2.16 bits per heavy atom. The highest BCUT2D eigenvalue weighted by atomic mass is 16.4. The average molecular weight is 266 g/mol. The van der Waals surface area contributed by atoms with E-state index >= 15 is 0 Å². The molecule has 1 unspecified atom stereocenters. The lowest BCUT2D eigenvalue weighted by atomic mass is 10.2. The Morgan fingerprint density at radius 3 is 2.89 bits per heavy atom. The minimum atomic E-state index is -1.13. The molecule has 1 atom stereocenters. The van der Waals surface area contributed by atoms with Gasteiger partial charge in [0.05, 0.1) is 6.04 Å². The van der Waals surface area contributed by atoms with E-state index in [4.69, 9.17) is 5.11 Å². The van der Waals surface area contributed by atoms with Crippen LogP contribution < -0.4 is 5.32 Å². The summed E-state index contributed by atoms with van der Waals surface area (Å²) in [4.78, 5) is 21.9. The second kappa shape index (κ2) is 5.81. The van der Waals surface area contributed by atoms with Gasteiger partial charge in [-0.05, 0) is 19.8 Å². The number of amides is 1. The molecule has 19 heavy (non-hydrogen) atoms. The first-order chi connectivity index (χ1) is 9.08. The smallest absolute Gasteiger partial charge is 0.312 e. The van der Waals surface area contributed by atoms with E-state index in [0.29, 0.717) is 5.82 Å². The molecule has 0 spiro atoms. The quantitative estimate of drug-likeness (QED) is 0.780. The van der Waals surface area contributed by atoms with Crippen LogP contribution in [-0.2, 0) is 22.6 Å². The SMILES string of the molecule is CC(NC(=O)CC(=O)O)c1nnc2n1CCCCC2. The Bertz CT molecular complexity index is 483. The Morgan fingerprint density at radius 1 is 1.37 bits per heavy atom. The van der Waals surface area contributed by atoms with Crippen LogP contribution >= 0.6 is 0 Å². The standard InChI is InChI=1S/C12H18N4O3/c1-8(13-10(17)7-11(18)19)12-15-14-9-5-3-2-4-6-16(9)12/h8H,2-7H2,1H3,(H,13,17)(H,18,19). The van der Waals surface area contributed by atoms with Crippen molar-refractivity contribution in [2.45, 2.75) is 51.6 Å². The maximum absolute atomic E-state index is 11.4. The Kier molecular flexibility index (Phi) is 4.13. The van der Waals surface area contributed by atoms with E-state index in [1.54, 1.807) is 6.92 Å². The Balaban J connectivity index is 2.07. The average Bonchev–Trinajstić information content (AvgIpc) is 2.57. The fourth-order valence-electron chi connectivity index (χ4n) is 2.32. The summed E-state index contributed by atoms with van der Waals surface area (Å²) in [6.45, 7) is 2.65. The number of carbonyl (C=O) groups excluding carboxylic acids is 1. The minimum absolute atomic E-state index is 0.328. The predicted octanol–water partition coefficient (Wildman–Crippen LogP) is 0.656. The maximum Gasteiger partial charge on any atom is 0.312 e. The maximum atomic E-state index is 11.4. The molecule has 104 valence electrons. The van der Waals surface area contributed by atoms with Gasteiger partial charge in [0, 0.05) is 13.0 Å². The first kappa shape index (κ1) is 13.5. The topological polar surface area (TPSA) is 97.1 Å². The van der Waals surface area contributed by atoms with Crippen LogP contribution in [0.3, 0.4) is 0 Å². The lowest BCUT2D eigenvalue weighted by molar-refractivity contribution is -0.140. The number of aromatic nitrogens is 3. The molecule has 1 amide bonds. The molecule has 2 heterocycles. The molecule has 0 saturated heterocycles. The third-order valence-corrected chi connectivity index (χ3v) is 3.21. The molecule has 7 nitrogen and oxygen atoms in total. The van der Waals surface area contributed by atoms with E-state index in [1.807, 2.05) is 4.57 Å². The number of hydrogen-bond donors (Lipinski definition) is 2. The highest BCUT2D eigenvalue weighted by Crippen LogP contribution is 2.18. The summed E-state index contributed by atoms with van der Waals surface area (Å²) in [6, 6.07) is -0.328. The number of aryl methyl sites for hydroxylation is 1. The van der Waals surface area contributed by atoms with Crippen molar-refractivity contribution in [2.75, 3.05) is 0 Å². The van der Waals surface area contributed by atoms with Crippen molar-refractivity contribution >= 4 is 11.9 Å². The fourth-order valence-corrected chi connectivity index (χ4v) is 2.32. The molecule has 0 radical (unpaired) electrons. The molecule has 1 aromatic rings. The molecule has 1 aliphatic heterocycles. The monoisotopic (exact) mass is 266 g/mol. The van der Waals surface area contributed by atoms with Gasteiger partial charge in [-0.3, -0.25) is 9.59 Å². The number of hydrogen-bond acceptors (Lipinski definition) is 4. The van der Waals surface area contributed by atoms with E-state index in [9.17, 15) is 9.59 Å². The van der Waals surface area contributed by atoms with Gasteiger partial charge in [-0.15, -0.1) is 10.2 Å². The molecule has 0 aliphatic carbocycles. The van der Waals surface area contributed by atoms with Crippen molar-refractivity contribution in [2.24, 2.45) is 0 Å². The van der Waals surface area contributed by atoms with Crippen molar-refractivity contribution in [3.8, 4) is 0 Å². The molecule has 0 bridgehead atoms. The van der Waals surface area contributed by atoms with Gasteiger partial charge in [-0.2, -0.15) is 0 Å². The zero-order chi connectivity index (χ0) is 13.8. The van der Waals surface area contributed by atoms with Crippen molar-refractivity contribution < 1.29 is 14.7 Å². The first-order valence-corrected chi connectivity index (χ1v) is 6.51. The summed E-state index contributed by atoms with van der Waals surface area (Å²) in [5.41, 5.74) is 0. The number of rotatable bonds is 4. The molecule has 2 N–H and O–H groups in total. The molecule has 0 aromatic carbocycles. The minimum Gasteiger partial charge on any atom is -0.481 e. The Labute approximate surface area is 111 Å². The van der Waals surface area contributed by atoms with Crippen LogP contribution in [-0.4, -0.2) is 31.7 Å². The normalized spacial score (nSPS) is 16.3. The molecule has 1 aromatic heterocycles. The van der Waals surface area contributed by atoms with Crippen LogP contribution in [0.4, 0.5) is 0 Å². The second-order valence-corrected chi connectivity index (χ2v) is 4.80. The summed E-state index contributed by atoms with van der Waals surface area (Å²) in [5, 5.41) is 19.5. The lowest BCUT2D eigenvalue weighted by Crippen LogP contribution is -2.30. The second-order valence-electron chi connectivity index (χ2n) is 4.80. The predicted molar refractivity (Wildman–Crippen MR) is 66.4 cm³/mol. The summed E-state index contributed by atoms with van der Waals surface area (Å²) >= 11 is 0. The number of nitrogens with zero attached hydrogens (tertiary/aromatic N) is 3. The van der Waals surface area contributed by atoms with Gasteiger partial charge < -0.3 is 15.0 Å². The van der Waals surface area contributed by atoms with Crippen LogP contribution in [0.15, 0.2) is 0 Å². The third-order valence-electron chi connectivity index (χ3n) is 3.21. The highest BCUT2D eigenvalue weighted by Gasteiger charge is 2.21. The fraction of sp³-hybridized carbons (Fsp3) is 0.667. The van der Waals surface area contributed by atoms with E-state index < -0.39 is 18.3 Å². The van der Waals surface area contributed by atoms with Crippen LogP contribution in [0.25, 0.3) is 0 Å². The van der Waals surface area contributed by atoms with E-state index in [1.165, 1.54) is 6.42 Å². The number of carboxylic acids is 1. The number of aliphatic carboxylic acids is 1. The van der Waals surface area contributed by atoms with Gasteiger partial charge in [-0.25, -0.2) is 0 Å². The molecule has 1 aliphatic rings. The molecule has 0 fully saturated rings. The molecule has 7 heteroatoms. The highest BCUT2D eigenvalue weighted by molar-refractivity contribution is 5.93. The van der Waals surface area contributed by atoms with E-state index in [0.717, 1.165) is 31.6 Å².